The van der Waals surface area contributed by atoms with Crippen molar-refractivity contribution in [2.75, 3.05) is 26.2 Å². The van der Waals surface area contributed by atoms with Crippen LogP contribution in [0.25, 0.3) is 0 Å². The van der Waals surface area contributed by atoms with Crippen LogP contribution in [0, 0.1) is 5.92 Å². The van der Waals surface area contributed by atoms with Gasteiger partial charge in [-0.05, 0) is 12.8 Å². The lowest BCUT2D eigenvalue weighted by molar-refractivity contribution is 0.0856. The molecule has 0 radical (unpaired) electrons. The van der Waals surface area contributed by atoms with Crippen LogP contribution in [0.15, 0.2) is 0 Å². The van der Waals surface area contributed by atoms with E-state index in [1.807, 2.05) is 0 Å². The van der Waals surface area contributed by atoms with Gasteiger partial charge < -0.3 is 9.84 Å². The van der Waals surface area contributed by atoms with Gasteiger partial charge in [0.15, 0.2) is 0 Å². The minimum absolute atomic E-state index is 0.535. The highest BCUT2D eigenvalue weighted by Crippen LogP contribution is 2.13. The fourth-order valence-corrected chi connectivity index (χ4v) is 2.28. The molecule has 0 bridgehead atoms. The summed E-state index contributed by atoms with van der Waals surface area (Å²) in [5, 5.41) is 3.51. The van der Waals surface area contributed by atoms with Gasteiger partial charge in [-0.1, -0.05) is 20.3 Å². The molecule has 1 aliphatic heterocycles. The van der Waals surface area contributed by atoms with E-state index in [4.69, 9.17) is 4.52 Å². The highest BCUT2D eigenvalue weighted by atomic mass is 31.0. The van der Waals surface area contributed by atoms with Gasteiger partial charge in [0.1, 0.15) is 0 Å². The first-order valence-corrected chi connectivity index (χ1v) is 6.43. The fraction of sp³-hybridized carbons (Fsp3) is 1.00. The fourth-order valence-electron chi connectivity index (χ4n) is 2.06. The molecule has 0 spiro atoms. The third-order valence-corrected chi connectivity index (χ3v) is 3.45. The molecule has 0 aromatic rings. The maximum atomic E-state index is 5.20. The number of nitrogens with zero attached hydrogens (tertiary/aromatic N) is 1. The van der Waals surface area contributed by atoms with Crippen LogP contribution in [-0.4, -0.2) is 43.2 Å². The summed E-state index contributed by atoms with van der Waals surface area (Å²) in [4.78, 5) is 2.57. The van der Waals surface area contributed by atoms with E-state index in [-0.39, 0.29) is 0 Å². The van der Waals surface area contributed by atoms with Gasteiger partial charge in [-0.15, -0.1) is 0 Å². The summed E-state index contributed by atoms with van der Waals surface area (Å²) < 4.78 is 5.20. The summed E-state index contributed by atoms with van der Waals surface area (Å²) in [5.74, 6) is 0.780. The van der Waals surface area contributed by atoms with Crippen LogP contribution in [0.5, 0.6) is 0 Å². The van der Waals surface area contributed by atoms with Crippen LogP contribution >= 0.6 is 9.47 Å². The predicted molar refractivity (Wildman–Crippen MR) is 67.9 cm³/mol. The Balaban J connectivity index is 2.45. The summed E-state index contributed by atoms with van der Waals surface area (Å²) in [6, 6.07) is 1.14. The first-order chi connectivity index (χ1) is 7.17. The number of nitrogens with one attached hydrogen (secondary N) is 1. The van der Waals surface area contributed by atoms with Crippen molar-refractivity contribution in [1.82, 2.24) is 10.2 Å². The second-order valence-electron chi connectivity index (χ2n) is 4.76. The van der Waals surface area contributed by atoms with Crippen molar-refractivity contribution in [3.05, 3.63) is 0 Å². The third kappa shape index (κ3) is 4.36. The van der Waals surface area contributed by atoms with Crippen molar-refractivity contribution >= 4 is 9.47 Å². The van der Waals surface area contributed by atoms with Crippen LogP contribution in [0.3, 0.4) is 0 Å². The molecule has 4 heteroatoms. The van der Waals surface area contributed by atoms with E-state index in [9.17, 15) is 0 Å². The van der Waals surface area contributed by atoms with Crippen LogP contribution in [0.2, 0.25) is 0 Å². The number of hydrogen-bond acceptors (Lipinski definition) is 3. The first-order valence-electron chi connectivity index (χ1n) is 5.96. The zero-order chi connectivity index (χ0) is 11.3. The van der Waals surface area contributed by atoms with Gasteiger partial charge in [0.05, 0.1) is 6.61 Å². The molecule has 1 N–H and O–H groups in total. The normalized spacial score (nSPS) is 30.4. The highest BCUT2D eigenvalue weighted by molar-refractivity contribution is 7.09. The molecule has 90 valence electrons. The second-order valence-corrected chi connectivity index (χ2v) is 5.10. The van der Waals surface area contributed by atoms with E-state index in [0.717, 1.165) is 25.6 Å². The maximum absolute atomic E-state index is 5.20. The molecule has 0 amide bonds. The molecule has 0 aromatic carbocycles. The van der Waals surface area contributed by atoms with Gasteiger partial charge in [0, 0.05) is 41.2 Å². The van der Waals surface area contributed by atoms with Crippen molar-refractivity contribution in [2.24, 2.45) is 5.92 Å². The summed E-state index contributed by atoms with van der Waals surface area (Å²) >= 11 is 0. The monoisotopic (exact) mass is 232 g/mol. The smallest absolute Gasteiger partial charge is 0.0670 e. The Morgan fingerprint density at radius 3 is 2.93 bits per heavy atom. The zero-order valence-electron chi connectivity index (χ0n) is 10.2. The molecule has 1 saturated heterocycles. The second kappa shape index (κ2) is 6.80. The van der Waals surface area contributed by atoms with Crippen molar-refractivity contribution in [3.63, 3.8) is 0 Å². The van der Waals surface area contributed by atoms with Crippen molar-refractivity contribution < 1.29 is 4.52 Å². The quantitative estimate of drug-likeness (QED) is 0.727. The minimum atomic E-state index is 0.535. The van der Waals surface area contributed by atoms with E-state index >= 15 is 0 Å². The Morgan fingerprint density at radius 2 is 2.33 bits per heavy atom. The molecule has 0 saturated carbocycles. The van der Waals surface area contributed by atoms with Gasteiger partial charge in [-0.2, -0.15) is 0 Å². The third-order valence-electron chi connectivity index (χ3n) is 3.26. The number of piperazine rings is 1. The summed E-state index contributed by atoms with van der Waals surface area (Å²) in [6.07, 6.45) is 1.26. The molecule has 4 unspecified atom stereocenters. The molecule has 0 aromatic heterocycles. The molecule has 15 heavy (non-hydrogen) atoms. The lowest BCUT2D eigenvalue weighted by Crippen LogP contribution is -2.57. The standard InChI is InChI=1S/C11H25N2OP/c1-4-9(2)6-13-7-10(3)12-5-11(13)8-14-15/h9-12H,4-8,15H2,1-3H3. The van der Waals surface area contributed by atoms with E-state index in [2.05, 4.69) is 40.5 Å². The predicted octanol–water partition coefficient (Wildman–Crippen LogP) is 1.50. The molecule has 1 rings (SSSR count). The molecule has 1 fully saturated rings. The summed E-state index contributed by atoms with van der Waals surface area (Å²) in [5.41, 5.74) is 0. The Hall–Kier alpha value is 0.310. The van der Waals surface area contributed by atoms with Crippen molar-refractivity contribution in [3.8, 4) is 0 Å². The van der Waals surface area contributed by atoms with Crippen molar-refractivity contribution in [2.45, 2.75) is 39.3 Å². The molecular formula is C11H25N2OP. The van der Waals surface area contributed by atoms with Crippen molar-refractivity contribution in [1.29, 1.82) is 0 Å². The molecule has 3 nitrogen and oxygen atoms in total. The molecular weight excluding hydrogens is 207 g/mol. The van der Waals surface area contributed by atoms with E-state index in [1.54, 1.807) is 0 Å². The van der Waals surface area contributed by atoms with Gasteiger partial charge in [-0.3, -0.25) is 4.90 Å². The topological polar surface area (TPSA) is 24.5 Å². The molecule has 0 aliphatic carbocycles. The lowest BCUT2D eigenvalue weighted by atomic mass is 10.0. The molecule has 1 aliphatic rings. The van der Waals surface area contributed by atoms with Gasteiger partial charge in [0.25, 0.3) is 0 Å². The van der Waals surface area contributed by atoms with Crippen LogP contribution < -0.4 is 5.32 Å². The number of hydrogen-bond donors (Lipinski definition) is 1. The Bertz CT molecular complexity index is 180. The Morgan fingerprint density at radius 1 is 1.60 bits per heavy atom. The molecule has 1 heterocycles. The van der Waals surface area contributed by atoms with Crippen LogP contribution in [0.1, 0.15) is 27.2 Å². The largest absolute Gasteiger partial charge is 0.364 e. The van der Waals surface area contributed by atoms with Gasteiger partial charge in [0.2, 0.25) is 0 Å². The highest BCUT2D eigenvalue weighted by Gasteiger charge is 2.26. The summed E-state index contributed by atoms with van der Waals surface area (Å²) in [7, 11) is 2.35. The Kier molecular flexibility index (Phi) is 6.06. The average molecular weight is 232 g/mol. The minimum Gasteiger partial charge on any atom is -0.364 e. The SMILES string of the molecule is CCC(C)CN1CC(C)NCC1COP. The number of rotatable bonds is 5. The van der Waals surface area contributed by atoms with E-state index in [1.165, 1.54) is 13.0 Å². The van der Waals surface area contributed by atoms with Crippen LogP contribution in [0.4, 0.5) is 0 Å². The van der Waals surface area contributed by atoms with Gasteiger partial charge >= 0.3 is 0 Å². The average Bonchev–Trinajstić information content (AvgIpc) is 2.22. The molecule has 4 atom stereocenters. The Labute approximate surface area is 96.2 Å². The lowest BCUT2D eigenvalue weighted by Gasteiger charge is -2.40. The van der Waals surface area contributed by atoms with E-state index < -0.39 is 0 Å². The van der Waals surface area contributed by atoms with E-state index in [0.29, 0.717) is 12.1 Å². The van der Waals surface area contributed by atoms with Gasteiger partial charge in [-0.25, -0.2) is 0 Å². The maximum Gasteiger partial charge on any atom is 0.0670 e. The summed E-state index contributed by atoms with van der Waals surface area (Å²) in [6.45, 7) is 11.0. The first kappa shape index (κ1) is 13.4. The van der Waals surface area contributed by atoms with Crippen LogP contribution in [-0.2, 0) is 4.52 Å². The zero-order valence-corrected chi connectivity index (χ0v) is 11.4.